The van der Waals surface area contributed by atoms with Crippen molar-refractivity contribution in [2.45, 2.75) is 44.6 Å². The first kappa shape index (κ1) is 15.6. The summed E-state index contributed by atoms with van der Waals surface area (Å²) in [6, 6.07) is 3.69. The van der Waals surface area contributed by atoms with Gasteiger partial charge in [0.2, 0.25) is 0 Å². The zero-order valence-electron chi connectivity index (χ0n) is 14.0. The molecule has 3 heterocycles. The lowest BCUT2D eigenvalue weighted by Crippen LogP contribution is -2.46. The molecule has 0 saturated carbocycles. The van der Waals surface area contributed by atoms with Crippen LogP contribution in [-0.2, 0) is 6.54 Å². The van der Waals surface area contributed by atoms with Crippen LogP contribution in [0.1, 0.15) is 54.1 Å². The normalized spacial score (nSPS) is 25.6. The van der Waals surface area contributed by atoms with Crippen molar-refractivity contribution in [1.82, 2.24) is 15.2 Å². The molecule has 1 aromatic rings. The van der Waals surface area contributed by atoms with Gasteiger partial charge in [-0.3, -0.25) is 9.59 Å². The molecule has 1 saturated heterocycles. The highest BCUT2D eigenvalue weighted by Crippen LogP contribution is 2.31. The lowest BCUT2D eigenvalue weighted by molar-refractivity contribution is 0.0953. The van der Waals surface area contributed by atoms with Gasteiger partial charge in [-0.2, -0.15) is 0 Å². The Labute approximate surface area is 142 Å². The third kappa shape index (κ3) is 2.93. The maximum Gasteiger partial charge on any atom is 0.263 e. The number of fused-ring (bicyclic) bond motifs is 4. The van der Waals surface area contributed by atoms with Gasteiger partial charge in [0.15, 0.2) is 0 Å². The smallest absolute Gasteiger partial charge is 0.263 e. The van der Waals surface area contributed by atoms with E-state index in [-0.39, 0.29) is 17.0 Å². The maximum atomic E-state index is 12.8. The number of hydrogen-bond acceptors (Lipinski definition) is 3. The number of aromatic nitrogens is 1. The zero-order valence-corrected chi connectivity index (χ0v) is 14.0. The minimum atomic E-state index is -0.240. The summed E-state index contributed by atoms with van der Waals surface area (Å²) < 4.78 is 1.84. The number of nitrogens with one attached hydrogen (secondary N) is 2. The topological polar surface area (TPSA) is 63.1 Å². The Morgan fingerprint density at radius 3 is 3.04 bits per heavy atom. The predicted molar refractivity (Wildman–Crippen MR) is 93.3 cm³/mol. The summed E-state index contributed by atoms with van der Waals surface area (Å²) in [6.45, 7) is 3.18. The van der Waals surface area contributed by atoms with E-state index in [9.17, 15) is 9.59 Å². The van der Waals surface area contributed by atoms with Gasteiger partial charge in [0.05, 0.1) is 0 Å². The number of pyridine rings is 1. The summed E-state index contributed by atoms with van der Waals surface area (Å²) in [4.78, 5) is 25.3. The monoisotopic (exact) mass is 327 g/mol. The minimum absolute atomic E-state index is 0.126. The van der Waals surface area contributed by atoms with Crippen LogP contribution in [0.2, 0.25) is 0 Å². The Kier molecular flexibility index (Phi) is 4.27. The van der Waals surface area contributed by atoms with Gasteiger partial charge in [-0.1, -0.05) is 11.6 Å². The van der Waals surface area contributed by atoms with Crippen molar-refractivity contribution in [3.63, 3.8) is 0 Å². The number of amides is 1. The fourth-order valence-electron chi connectivity index (χ4n) is 4.32. The van der Waals surface area contributed by atoms with Crippen molar-refractivity contribution in [3.8, 4) is 0 Å². The Morgan fingerprint density at radius 2 is 2.21 bits per heavy atom. The fraction of sp³-hybridized carbons (Fsp3) is 0.579. The summed E-state index contributed by atoms with van der Waals surface area (Å²) in [5, 5.41) is 6.37. The SMILES string of the molecule is O=C(NCC1=CCCCC1)c1ccc2n(c1=O)C[C@@H]1CNC[C@H]2C1. The summed E-state index contributed by atoms with van der Waals surface area (Å²) >= 11 is 0. The Bertz CT molecular complexity index is 735. The van der Waals surface area contributed by atoms with E-state index in [4.69, 9.17) is 0 Å². The summed E-state index contributed by atoms with van der Waals surface area (Å²) in [5.41, 5.74) is 2.52. The first-order valence-electron chi connectivity index (χ1n) is 9.13. The highest BCUT2D eigenvalue weighted by molar-refractivity contribution is 5.94. The van der Waals surface area contributed by atoms with Crippen molar-refractivity contribution in [1.29, 1.82) is 0 Å². The van der Waals surface area contributed by atoms with Crippen molar-refractivity contribution < 1.29 is 4.79 Å². The lowest BCUT2D eigenvalue weighted by atomic mass is 9.84. The molecule has 1 amide bonds. The van der Waals surface area contributed by atoms with Gasteiger partial charge >= 0.3 is 0 Å². The summed E-state index contributed by atoms with van der Waals surface area (Å²) in [5.74, 6) is 0.657. The average molecular weight is 327 g/mol. The van der Waals surface area contributed by atoms with Crippen LogP contribution in [-0.4, -0.2) is 30.1 Å². The molecule has 1 aliphatic carbocycles. The second-order valence-electron chi connectivity index (χ2n) is 7.34. The van der Waals surface area contributed by atoms with Gasteiger partial charge in [0.1, 0.15) is 5.56 Å². The largest absolute Gasteiger partial charge is 0.348 e. The van der Waals surface area contributed by atoms with Gasteiger partial charge in [0, 0.05) is 31.2 Å². The van der Waals surface area contributed by atoms with E-state index in [0.717, 1.165) is 44.6 Å². The molecular formula is C19H25N3O2. The molecule has 0 unspecified atom stereocenters. The molecule has 5 heteroatoms. The summed E-state index contributed by atoms with van der Waals surface area (Å²) in [6.07, 6.45) is 7.95. The van der Waals surface area contributed by atoms with E-state index in [1.54, 1.807) is 6.07 Å². The van der Waals surface area contributed by atoms with E-state index in [2.05, 4.69) is 16.7 Å². The molecule has 0 radical (unpaired) electrons. The minimum Gasteiger partial charge on any atom is -0.348 e. The van der Waals surface area contributed by atoms with Crippen LogP contribution in [0.5, 0.6) is 0 Å². The van der Waals surface area contributed by atoms with Crippen LogP contribution >= 0.6 is 0 Å². The van der Waals surface area contributed by atoms with Crippen molar-refractivity contribution in [3.05, 3.63) is 45.4 Å². The number of hydrogen-bond donors (Lipinski definition) is 2. The lowest BCUT2D eigenvalue weighted by Gasteiger charge is -2.37. The molecule has 0 aromatic carbocycles. The van der Waals surface area contributed by atoms with Crippen LogP contribution in [0.4, 0.5) is 0 Å². The number of rotatable bonds is 3. The van der Waals surface area contributed by atoms with Crippen LogP contribution < -0.4 is 16.2 Å². The molecular weight excluding hydrogens is 302 g/mol. The fourth-order valence-corrected chi connectivity index (χ4v) is 4.32. The van der Waals surface area contributed by atoms with Crippen LogP contribution in [0, 0.1) is 5.92 Å². The number of carbonyl (C=O) groups is 1. The molecule has 3 aliphatic rings. The molecule has 5 nitrogen and oxygen atoms in total. The average Bonchev–Trinajstić information content (AvgIpc) is 2.62. The number of allylic oxidation sites excluding steroid dienone is 1. The Hall–Kier alpha value is -1.88. The number of carbonyl (C=O) groups excluding carboxylic acids is 1. The van der Waals surface area contributed by atoms with Crippen LogP contribution in [0.15, 0.2) is 28.6 Å². The molecule has 1 aromatic heterocycles. The molecule has 24 heavy (non-hydrogen) atoms. The molecule has 1 fully saturated rings. The van der Waals surface area contributed by atoms with Gasteiger partial charge in [-0.15, -0.1) is 0 Å². The predicted octanol–water partition coefficient (Wildman–Crippen LogP) is 1.79. The highest BCUT2D eigenvalue weighted by Gasteiger charge is 2.31. The summed E-state index contributed by atoms with van der Waals surface area (Å²) in [7, 11) is 0. The third-order valence-corrected chi connectivity index (χ3v) is 5.61. The standard InChI is InChI=1S/C19H25N3O2/c23-18(21-10-13-4-2-1-3-5-13)16-6-7-17-15-8-14(9-20-11-15)12-22(17)19(16)24/h4,6-7,14-15,20H,1-3,5,8-12H2,(H,21,23)/t14-,15+/m0/s1. The van der Waals surface area contributed by atoms with Crippen molar-refractivity contribution in [2.75, 3.05) is 19.6 Å². The van der Waals surface area contributed by atoms with Gasteiger partial charge < -0.3 is 15.2 Å². The van der Waals surface area contributed by atoms with Gasteiger partial charge in [0.25, 0.3) is 11.5 Å². The molecule has 2 N–H and O–H groups in total. The second-order valence-corrected chi connectivity index (χ2v) is 7.34. The Morgan fingerprint density at radius 1 is 1.29 bits per heavy atom. The molecule has 0 spiro atoms. The molecule has 2 atom stereocenters. The van der Waals surface area contributed by atoms with Crippen LogP contribution in [0.25, 0.3) is 0 Å². The zero-order chi connectivity index (χ0) is 16.5. The third-order valence-electron chi connectivity index (χ3n) is 5.61. The van der Waals surface area contributed by atoms with E-state index in [0.29, 0.717) is 18.4 Å². The first-order valence-corrected chi connectivity index (χ1v) is 9.13. The first-order chi connectivity index (χ1) is 11.7. The molecule has 4 rings (SSSR count). The van der Waals surface area contributed by atoms with Crippen LogP contribution in [0.3, 0.4) is 0 Å². The highest BCUT2D eigenvalue weighted by atomic mass is 16.2. The molecule has 2 bridgehead atoms. The van der Waals surface area contributed by atoms with E-state index in [1.165, 1.54) is 18.4 Å². The van der Waals surface area contributed by atoms with Gasteiger partial charge in [-0.25, -0.2) is 0 Å². The molecule has 128 valence electrons. The van der Waals surface area contributed by atoms with E-state index < -0.39 is 0 Å². The van der Waals surface area contributed by atoms with Crippen molar-refractivity contribution >= 4 is 5.91 Å². The second kappa shape index (κ2) is 6.55. The maximum absolute atomic E-state index is 12.8. The Balaban J connectivity index is 1.53. The van der Waals surface area contributed by atoms with E-state index >= 15 is 0 Å². The van der Waals surface area contributed by atoms with Gasteiger partial charge in [-0.05, 0) is 56.7 Å². The number of nitrogens with zero attached hydrogens (tertiary/aromatic N) is 1. The quantitative estimate of drug-likeness (QED) is 0.832. The van der Waals surface area contributed by atoms with E-state index in [1.807, 2.05) is 10.6 Å². The molecule has 2 aliphatic heterocycles. The van der Waals surface area contributed by atoms with Crippen molar-refractivity contribution in [2.24, 2.45) is 5.92 Å². The number of piperidine rings is 1.